The van der Waals surface area contributed by atoms with Gasteiger partial charge in [-0.2, -0.15) is 0 Å². The summed E-state index contributed by atoms with van der Waals surface area (Å²) < 4.78 is 5.69. The van der Waals surface area contributed by atoms with Crippen LogP contribution in [0.3, 0.4) is 0 Å². The van der Waals surface area contributed by atoms with Crippen molar-refractivity contribution in [2.24, 2.45) is 0 Å². The van der Waals surface area contributed by atoms with Gasteiger partial charge in [-0.15, -0.1) is 0 Å². The lowest BCUT2D eigenvalue weighted by atomic mass is 10.1. The van der Waals surface area contributed by atoms with Gasteiger partial charge in [0.15, 0.2) is 0 Å². The minimum Gasteiger partial charge on any atom is -0.478 e. The van der Waals surface area contributed by atoms with Gasteiger partial charge in [0.05, 0.1) is 15.6 Å². The summed E-state index contributed by atoms with van der Waals surface area (Å²) in [5.74, 6) is -0.407. The van der Waals surface area contributed by atoms with E-state index in [-0.39, 0.29) is 5.56 Å². The van der Waals surface area contributed by atoms with Gasteiger partial charge in [0.25, 0.3) is 0 Å². The Hall–Kier alpha value is -1.97. The second kappa shape index (κ2) is 4.85. The molecule has 0 unspecified atom stereocenters. The Bertz CT molecular complexity index is 782. The molecule has 3 nitrogen and oxygen atoms in total. The molecule has 0 amide bonds. The van der Waals surface area contributed by atoms with E-state index in [1.807, 2.05) is 0 Å². The average molecular weight is 307 g/mol. The fourth-order valence-electron chi connectivity index (χ4n) is 1.98. The van der Waals surface area contributed by atoms with Crippen molar-refractivity contribution in [3.8, 4) is 11.3 Å². The third-order valence-electron chi connectivity index (χ3n) is 2.95. The maximum absolute atomic E-state index is 11.0. The molecule has 3 rings (SSSR count). The largest absolute Gasteiger partial charge is 0.478 e. The molecule has 100 valence electrons. The van der Waals surface area contributed by atoms with Gasteiger partial charge in [-0.1, -0.05) is 35.3 Å². The number of aromatic carboxylic acids is 1. The van der Waals surface area contributed by atoms with Gasteiger partial charge in [-0.25, -0.2) is 4.79 Å². The zero-order chi connectivity index (χ0) is 14.3. The van der Waals surface area contributed by atoms with Crippen LogP contribution in [0.1, 0.15) is 10.4 Å². The average Bonchev–Trinajstić information content (AvgIpc) is 2.82. The van der Waals surface area contributed by atoms with Crippen LogP contribution in [0.2, 0.25) is 10.0 Å². The highest BCUT2D eigenvalue weighted by atomic mass is 35.5. The molecule has 0 aliphatic rings. The first-order valence-electron chi connectivity index (χ1n) is 5.77. The third-order valence-corrected chi connectivity index (χ3v) is 3.68. The molecule has 3 aromatic rings. The molecular weight excluding hydrogens is 299 g/mol. The second-order valence-electron chi connectivity index (χ2n) is 4.30. The Morgan fingerprint density at radius 1 is 1.05 bits per heavy atom. The first kappa shape index (κ1) is 13.0. The van der Waals surface area contributed by atoms with Crippen LogP contribution < -0.4 is 0 Å². The molecule has 0 aliphatic carbocycles. The van der Waals surface area contributed by atoms with Crippen LogP contribution >= 0.6 is 23.2 Å². The first-order chi connectivity index (χ1) is 9.54. The van der Waals surface area contributed by atoms with Gasteiger partial charge in [-0.05, 0) is 24.3 Å². The predicted octanol–water partition coefficient (Wildman–Crippen LogP) is 5.10. The Morgan fingerprint density at radius 2 is 1.80 bits per heavy atom. The van der Waals surface area contributed by atoms with Gasteiger partial charge in [0, 0.05) is 17.0 Å². The first-order valence-corrected chi connectivity index (χ1v) is 6.52. The van der Waals surface area contributed by atoms with Crippen LogP contribution in [0.25, 0.3) is 22.3 Å². The lowest BCUT2D eigenvalue weighted by molar-refractivity contribution is 0.0697. The Labute approximate surface area is 124 Å². The SMILES string of the molecule is O=C(O)c1cccc(-c2cc3cc(Cl)c(Cl)cc3o2)c1. The number of furan rings is 1. The number of benzene rings is 2. The number of carboxylic acids is 1. The molecule has 1 aromatic heterocycles. The molecule has 0 saturated carbocycles. The number of hydrogen-bond acceptors (Lipinski definition) is 2. The Morgan fingerprint density at radius 3 is 2.55 bits per heavy atom. The molecule has 0 fully saturated rings. The highest BCUT2D eigenvalue weighted by Gasteiger charge is 2.11. The van der Waals surface area contributed by atoms with E-state index >= 15 is 0 Å². The van der Waals surface area contributed by atoms with Crippen molar-refractivity contribution in [1.82, 2.24) is 0 Å². The monoisotopic (exact) mass is 306 g/mol. The van der Waals surface area contributed by atoms with Crippen molar-refractivity contribution >= 4 is 40.1 Å². The standard InChI is InChI=1S/C15H8Cl2O3/c16-11-5-10-6-13(20-14(10)7-12(11)17)8-2-1-3-9(4-8)15(18)19/h1-7H,(H,18,19). The highest BCUT2D eigenvalue weighted by Crippen LogP contribution is 2.33. The molecule has 5 heteroatoms. The maximum Gasteiger partial charge on any atom is 0.335 e. The van der Waals surface area contributed by atoms with Gasteiger partial charge >= 0.3 is 5.97 Å². The van der Waals surface area contributed by atoms with E-state index in [4.69, 9.17) is 32.7 Å². The zero-order valence-electron chi connectivity index (χ0n) is 10.1. The van der Waals surface area contributed by atoms with E-state index in [9.17, 15) is 4.79 Å². The van der Waals surface area contributed by atoms with Crippen LogP contribution in [-0.4, -0.2) is 11.1 Å². The Balaban J connectivity index is 2.15. The summed E-state index contributed by atoms with van der Waals surface area (Å²) in [5.41, 5.74) is 1.50. The van der Waals surface area contributed by atoms with E-state index < -0.39 is 5.97 Å². The van der Waals surface area contributed by atoms with Crippen molar-refractivity contribution < 1.29 is 14.3 Å². The van der Waals surface area contributed by atoms with Crippen molar-refractivity contribution in [3.05, 3.63) is 58.1 Å². The Kier molecular flexibility index (Phi) is 3.16. The van der Waals surface area contributed by atoms with E-state index in [0.717, 1.165) is 5.39 Å². The van der Waals surface area contributed by atoms with E-state index in [2.05, 4.69) is 0 Å². The van der Waals surface area contributed by atoms with Crippen molar-refractivity contribution in [2.45, 2.75) is 0 Å². The molecule has 0 radical (unpaired) electrons. The number of carboxylic acid groups (broad SMARTS) is 1. The summed E-state index contributed by atoms with van der Waals surface area (Å²) in [6, 6.07) is 11.7. The summed E-state index contributed by atoms with van der Waals surface area (Å²) >= 11 is 11.9. The van der Waals surface area contributed by atoms with Crippen LogP contribution in [0.4, 0.5) is 0 Å². The lowest BCUT2D eigenvalue weighted by Gasteiger charge is -1.98. The van der Waals surface area contributed by atoms with Gasteiger partial charge in [0.2, 0.25) is 0 Å². The molecule has 0 spiro atoms. The van der Waals surface area contributed by atoms with Crippen molar-refractivity contribution in [3.63, 3.8) is 0 Å². The summed E-state index contributed by atoms with van der Waals surface area (Å²) in [5, 5.41) is 10.7. The maximum atomic E-state index is 11.0. The summed E-state index contributed by atoms with van der Waals surface area (Å²) in [4.78, 5) is 11.0. The lowest BCUT2D eigenvalue weighted by Crippen LogP contribution is -1.95. The van der Waals surface area contributed by atoms with Gasteiger partial charge in [-0.3, -0.25) is 0 Å². The second-order valence-corrected chi connectivity index (χ2v) is 5.12. The topological polar surface area (TPSA) is 50.4 Å². The number of fused-ring (bicyclic) bond motifs is 1. The van der Waals surface area contributed by atoms with Gasteiger partial charge in [0.1, 0.15) is 11.3 Å². The van der Waals surface area contributed by atoms with E-state index in [0.29, 0.717) is 27.0 Å². The normalized spacial score (nSPS) is 10.9. The summed E-state index contributed by atoms with van der Waals surface area (Å²) in [6.07, 6.45) is 0. The number of hydrogen-bond donors (Lipinski definition) is 1. The quantitative estimate of drug-likeness (QED) is 0.716. The fraction of sp³-hybridized carbons (Fsp3) is 0. The van der Waals surface area contributed by atoms with Crippen LogP contribution in [0.15, 0.2) is 46.9 Å². The molecule has 0 saturated heterocycles. The zero-order valence-corrected chi connectivity index (χ0v) is 11.6. The molecule has 0 aliphatic heterocycles. The molecule has 0 atom stereocenters. The molecule has 1 heterocycles. The molecule has 20 heavy (non-hydrogen) atoms. The summed E-state index contributed by atoms with van der Waals surface area (Å²) in [7, 11) is 0. The number of rotatable bonds is 2. The minimum absolute atomic E-state index is 0.207. The van der Waals surface area contributed by atoms with Crippen LogP contribution in [-0.2, 0) is 0 Å². The van der Waals surface area contributed by atoms with E-state index in [1.54, 1.807) is 36.4 Å². The number of carbonyl (C=O) groups is 1. The molecule has 0 bridgehead atoms. The van der Waals surface area contributed by atoms with Gasteiger partial charge < -0.3 is 9.52 Å². The van der Waals surface area contributed by atoms with Crippen LogP contribution in [0, 0.1) is 0 Å². The molecular formula is C15H8Cl2O3. The minimum atomic E-state index is -0.978. The number of halogens is 2. The highest BCUT2D eigenvalue weighted by molar-refractivity contribution is 6.42. The third kappa shape index (κ3) is 2.26. The van der Waals surface area contributed by atoms with E-state index in [1.165, 1.54) is 6.07 Å². The van der Waals surface area contributed by atoms with Crippen LogP contribution in [0.5, 0.6) is 0 Å². The molecule has 2 aromatic carbocycles. The smallest absolute Gasteiger partial charge is 0.335 e. The van der Waals surface area contributed by atoms with Crippen molar-refractivity contribution in [2.75, 3.05) is 0 Å². The summed E-state index contributed by atoms with van der Waals surface area (Å²) in [6.45, 7) is 0. The van der Waals surface area contributed by atoms with Crippen molar-refractivity contribution in [1.29, 1.82) is 0 Å². The predicted molar refractivity (Wildman–Crippen MR) is 78.6 cm³/mol. The fourth-order valence-corrected chi connectivity index (χ4v) is 2.31. The molecule has 1 N–H and O–H groups in total.